The van der Waals surface area contributed by atoms with Crippen molar-refractivity contribution in [1.82, 2.24) is 18.8 Å². The van der Waals surface area contributed by atoms with E-state index in [2.05, 4.69) is 31.1 Å². The molecule has 18 heavy (non-hydrogen) atoms. The molecule has 6 nitrogen and oxygen atoms in total. The molecule has 7 heteroatoms. The quantitative estimate of drug-likeness (QED) is 0.715. The van der Waals surface area contributed by atoms with Gasteiger partial charge in [0.2, 0.25) is 0 Å². The summed E-state index contributed by atoms with van der Waals surface area (Å²) in [6, 6.07) is 0.540. The highest BCUT2D eigenvalue weighted by Crippen LogP contribution is 2.19. The largest absolute Gasteiger partial charge is 0.314 e. The number of hydrogen-bond acceptors (Lipinski definition) is 4. The number of piperazine rings is 2. The maximum atomic E-state index is 12.5. The Morgan fingerprint density at radius 1 is 1.00 bits per heavy atom. The van der Waals surface area contributed by atoms with Crippen molar-refractivity contribution in [3.8, 4) is 0 Å². The summed E-state index contributed by atoms with van der Waals surface area (Å²) in [5.74, 6) is 0. The van der Waals surface area contributed by atoms with Gasteiger partial charge in [-0.25, -0.2) is 0 Å². The van der Waals surface area contributed by atoms with E-state index in [-0.39, 0.29) is 12.1 Å². The molecule has 0 amide bonds. The minimum atomic E-state index is -3.27. The molecule has 2 heterocycles. The van der Waals surface area contributed by atoms with Crippen LogP contribution in [0.1, 0.15) is 13.8 Å². The fourth-order valence-electron chi connectivity index (χ4n) is 2.58. The van der Waals surface area contributed by atoms with Gasteiger partial charge in [-0.2, -0.15) is 17.0 Å². The molecule has 0 bridgehead atoms. The van der Waals surface area contributed by atoms with E-state index in [1.165, 1.54) is 0 Å². The Morgan fingerprint density at radius 2 is 1.50 bits per heavy atom. The Bertz CT molecular complexity index is 369. The minimum absolute atomic E-state index is 0.270. The van der Waals surface area contributed by atoms with E-state index in [1.807, 2.05) is 0 Å². The molecule has 2 fully saturated rings. The zero-order chi connectivity index (χ0) is 13.3. The van der Waals surface area contributed by atoms with Gasteiger partial charge in [0, 0.05) is 51.4 Å². The third kappa shape index (κ3) is 2.70. The van der Waals surface area contributed by atoms with Crippen molar-refractivity contribution in [3.63, 3.8) is 0 Å². The predicted octanol–water partition coefficient (Wildman–Crippen LogP) is -0.839. The van der Waals surface area contributed by atoms with Crippen molar-refractivity contribution in [2.75, 3.05) is 46.3 Å². The van der Waals surface area contributed by atoms with Gasteiger partial charge in [-0.15, -0.1) is 0 Å². The molecule has 2 atom stereocenters. The van der Waals surface area contributed by atoms with Crippen LogP contribution in [0.4, 0.5) is 0 Å². The maximum absolute atomic E-state index is 12.5. The van der Waals surface area contributed by atoms with Gasteiger partial charge >= 0.3 is 0 Å². The maximum Gasteiger partial charge on any atom is 0.282 e. The summed E-state index contributed by atoms with van der Waals surface area (Å²) in [6.07, 6.45) is 0. The minimum Gasteiger partial charge on any atom is -0.314 e. The van der Waals surface area contributed by atoms with Crippen LogP contribution in [-0.2, 0) is 10.2 Å². The van der Waals surface area contributed by atoms with Gasteiger partial charge < -0.3 is 5.32 Å². The molecule has 1 N–H and O–H groups in total. The average Bonchev–Trinajstić information content (AvgIpc) is 2.36. The first-order valence-corrected chi connectivity index (χ1v) is 8.00. The van der Waals surface area contributed by atoms with E-state index >= 15 is 0 Å². The molecular weight excluding hydrogens is 252 g/mol. The molecule has 0 radical (unpaired) electrons. The van der Waals surface area contributed by atoms with Gasteiger partial charge in [0.1, 0.15) is 0 Å². The first-order valence-electron chi connectivity index (χ1n) is 6.61. The molecule has 0 aromatic carbocycles. The third-order valence-corrected chi connectivity index (χ3v) is 6.02. The lowest BCUT2D eigenvalue weighted by Gasteiger charge is -2.43. The fourth-order valence-corrected chi connectivity index (χ4v) is 4.36. The lowest BCUT2D eigenvalue weighted by atomic mass is 10.1. The highest BCUT2D eigenvalue weighted by molar-refractivity contribution is 7.86. The number of nitrogens with zero attached hydrogens (tertiary/aromatic N) is 3. The third-order valence-electron chi connectivity index (χ3n) is 4.05. The lowest BCUT2D eigenvalue weighted by molar-refractivity contribution is 0.100. The van der Waals surface area contributed by atoms with Crippen LogP contribution >= 0.6 is 0 Å². The van der Waals surface area contributed by atoms with Crippen molar-refractivity contribution in [2.24, 2.45) is 0 Å². The lowest BCUT2D eigenvalue weighted by Crippen LogP contribution is -2.60. The molecule has 2 aliphatic heterocycles. The van der Waals surface area contributed by atoms with Gasteiger partial charge in [-0.1, -0.05) is 0 Å². The first-order chi connectivity index (χ1) is 8.43. The molecule has 2 saturated heterocycles. The van der Waals surface area contributed by atoms with Gasteiger partial charge in [0.15, 0.2) is 0 Å². The summed E-state index contributed by atoms with van der Waals surface area (Å²) < 4.78 is 28.3. The van der Waals surface area contributed by atoms with Gasteiger partial charge in [0.25, 0.3) is 10.2 Å². The SMILES string of the molecule is CC1CN(S(=O)(=O)N2CCNCC2)CC(C)N1C. The van der Waals surface area contributed by atoms with Crippen LogP contribution in [0.15, 0.2) is 0 Å². The van der Waals surface area contributed by atoms with Crippen LogP contribution in [0.25, 0.3) is 0 Å². The van der Waals surface area contributed by atoms with Crippen LogP contribution in [0, 0.1) is 0 Å². The van der Waals surface area contributed by atoms with Crippen molar-refractivity contribution < 1.29 is 8.42 Å². The second-order valence-electron chi connectivity index (χ2n) is 5.34. The van der Waals surface area contributed by atoms with E-state index in [4.69, 9.17) is 0 Å². The molecular formula is C11H24N4O2S. The molecule has 106 valence electrons. The summed E-state index contributed by atoms with van der Waals surface area (Å²) in [7, 11) is -1.21. The number of hydrogen-bond donors (Lipinski definition) is 1. The Labute approximate surface area is 110 Å². The zero-order valence-electron chi connectivity index (χ0n) is 11.5. The van der Waals surface area contributed by atoms with E-state index in [1.54, 1.807) is 8.61 Å². The van der Waals surface area contributed by atoms with Gasteiger partial charge in [-0.3, -0.25) is 4.90 Å². The average molecular weight is 276 g/mol. The Morgan fingerprint density at radius 3 is 2.00 bits per heavy atom. The molecule has 0 spiro atoms. The fraction of sp³-hybridized carbons (Fsp3) is 1.00. The van der Waals surface area contributed by atoms with Crippen LogP contribution in [0.3, 0.4) is 0 Å². The van der Waals surface area contributed by atoms with Crippen LogP contribution in [0.5, 0.6) is 0 Å². The molecule has 0 aromatic heterocycles. The standard InChI is InChI=1S/C11H24N4O2S/c1-10-8-15(9-11(2)13(10)3)18(16,17)14-6-4-12-5-7-14/h10-12H,4-9H2,1-3H3. The number of nitrogens with one attached hydrogen (secondary N) is 1. The summed E-state index contributed by atoms with van der Waals surface area (Å²) >= 11 is 0. The topological polar surface area (TPSA) is 55.9 Å². The predicted molar refractivity (Wildman–Crippen MR) is 71.6 cm³/mol. The second kappa shape index (κ2) is 5.42. The Kier molecular flexibility index (Phi) is 4.28. The normalized spacial score (nSPS) is 33.7. The van der Waals surface area contributed by atoms with E-state index in [9.17, 15) is 8.42 Å². The van der Waals surface area contributed by atoms with E-state index in [0.29, 0.717) is 26.2 Å². The van der Waals surface area contributed by atoms with Crippen LogP contribution < -0.4 is 5.32 Å². The summed E-state index contributed by atoms with van der Waals surface area (Å²) in [6.45, 7) is 8.00. The van der Waals surface area contributed by atoms with E-state index in [0.717, 1.165) is 13.1 Å². The van der Waals surface area contributed by atoms with Crippen molar-refractivity contribution in [3.05, 3.63) is 0 Å². The molecule has 0 aromatic rings. The molecule has 0 saturated carbocycles. The summed E-state index contributed by atoms with van der Waals surface area (Å²) in [5.41, 5.74) is 0. The highest BCUT2D eigenvalue weighted by Gasteiger charge is 2.37. The summed E-state index contributed by atoms with van der Waals surface area (Å²) in [4.78, 5) is 2.24. The van der Waals surface area contributed by atoms with Crippen molar-refractivity contribution in [2.45, 2.75) is 25.9 Å². The highest BCUT2D eigenvalue weighted by atomic mass is 32.2. The zero-order valence-corrected chi connectivity index (χ0v) is 12.3. The number of rotatable bonds is 2. The smallest absolute Gasteiger partial charge is 0.282 e. The molecule has 0 aliphatic carbocycles. The number of likely N-dealkylation sites (N-methyl/N-ethyl adjacent to an activating group) is 1. The van der Waals surface area contributed by atoms with Crippen molar-refractivity contribution >= 4 is 10.2 Å². The second-order valence-corrected chi connectivity index (χ2v) is 7.27. The van der Waals surface area contributed by atoms with Crippen molar-refractivity contribution in [1.29, 1.82) is 0 Å². The first kappa shape index (κ1) is 14.2. The molecule has 2 rings (SSSR count). The van der Waals surface area contributed by atoms with Gasteiger partial charge in [-0.05, 0) is 20.9 Å². The molecule has 2 unspecified atom stereocenters. The molecule has 2 aliphatic rings. The van der Waals surface area contributed by atoms with Crippen LogP contribution in [-0.4, -0.2) is 80.3 Å². The Hall–Kier alpha value is -0.210. The Balaban J connectivity index is 2.10. The van der Waals surface area contributed by atoms with Crippen LogP contribution in [0.2, 0.25) is 0 Å². The monoisotopic (exact) mass is 276 g/mol. The van der Waals surface area contributed by atoms with Gasteiger partial charge in [0.05, 0.1) is 0 Å². The van der Waals surface area contributed by atoms with E-state index < -0.39 is 10.2 Å². The summed E-state index contributed by atoms with van der Waals surface area (Å²) in [5, 5.41) is 3.18.